The van der Waals surface area contributed by atoms with Crippen LogP contribution in [0.25, 0.3) is 0 Å². The predicted molar refractivity (Wildman–Crippen MR) is 64.0 cm³/mol. The lowest BCUT2D eigenvalue weighted by atomic mass is 10.1. The number of nitrogens with zero attached hydrogens (tertiary/aromatic N) is 1. The SMILES string of the molecule is Cc1c(C)c([N+](=O)[O-])c(Cl)c(S(N)(=O)=O)c1Cl. The number of rotatable bonds is 2. The van der Waals surface area contributed by atoms with Crippen molar-refractivity contribution in [3.8, 4) is 0 Å². The minimum absolute atomic E-state index is 0.194. The average molecular weight is 299 g/mol. The van der Waals surface area contributed by atoms with Gasteiger partial charge in [0.15, 0.2) is 0 Å². The van der Waals surface area contributed by atoms with Gasteiger partial charge in [0.25, 0.3) is 5.69 Å². The van der Waals surface area contributed by atoms with E-state index in [2.05, 4.69) is 0 Å². The van der Waals surface area contributed by atoms with Crippen LogP contribution in [0.2, 0.25) is 10.0 Å². The molecule has 0 bridgehead atoms. The molecule has 0 heterocycles. The number of sulfonamides is 1. The van der Waals surface area contributed by atoms with Crippen LogP contribution < -0.4 is 5.14 Å². The third kappa shape index (κ3) is 2.37. The first-order valence-corrected chi connectivity index (χ1v) is 6.54. The van der Waals surface area contributed by atoms with E-state index in [0.717, 1.165) is 0 Å². The molecule has 0 atom stereocenters. The van der Waals surface area contributed by atoms with Crippen molar-refractivity contribution in [2.45, 2.75) is 18.7 Å². The Kier molecular flexibility index (Phi) is 3.68. The van der Waals surface area contributed by atoms with Gasteiger partial charge in [-0.25, -0.2) is 13.6 Å². The molecule has 0 aromatic heterocycles. The number of primary sulfonamides is 1. The highest BCUT2D eigenvalue weighted by molar-refractivity contribution is 7.89. The lowest BCUT2D eigenvalue weighted by Crippen LogP contribution is -2.15. The highest BCUT2D eigenvalue weighted by Gasteiger charge is 2.30. The summed E-state index contributed by atoms with van der Waals surface area (Å²) in [7, 11) is -4.23. The molecule has 0 aliphatic heterocycles. The molecule has 2 N–H and O–H groups in total. The number of halogens is 2. The van der Waals surface area contributed by atoms with Crippen LogP contribution in [0.5, 0.6) is 0 Å². The van der Waals surface area contributed by atoms with Crippen LogP contribution >= 0.6 is 23.2 Å². The molecule has 0 fully saturated rings. The first-order valence-electron chi connectivity index (χ1n) is 4.24. The van der Waals surface area contributed by atoms with Gasteiger partial charge in [-0.1, -0.05) is 23.2 Å². The number of nitro groups is 1. The number of nitrogens with two attached hydrogens (primary N) is 1. The fraction of sp³-hybridized carbons (Fsp3) is 0.250. The maximum atomic E-state index is 11.3. The maximum Gasteiger partial charge on any atom is 0.292 e. The van der Waals surface area contributed by atoms with Crippen molar-refractivity contribution < 1.29 is 13.3 Å². The molecular formula is C8H8Cl2N2O4S. The van der Waals surface area contributed by atoms with E-state index in [-0.39, 0.29) is 16.1 Å². The van der Waals surface area contributed by atoms with Gasteiger partial charge < -0.3 is 0 Å². The van der Waals surface area contributed by atoms with Crippen molar-refractivity contribution in [2.75, 3.05) is 0 Å². The van der Waals surface area contributed by atoms with Gasteiger partial charge in [-0.15, -0.1) is 0 Å². The van der Waals surface area contributed by atoms with Crippen LogP contribution in [-0.4, -0.2) is 13.3 Å². The molecule has 0 unspecified atom stereocenters. The molecule has 9 heteroatoms. The smallest absolute Gasteiger partial charge is 0.258 e. The van der Waals surface area contributed by atoms with E-state index in [9.17, 15) is 18.5 Å². The second-order valence-corrected chi connectivity index (χ2v) is 5.61. The number of benzene rings is 1. The fourth-order valence-corrected chi connectivity index (χ4v) is 3.33. The van der Waals surface area contributed by atoms with E-state index in [0.29, 0.717) is 0 Å². The monoisotopic (exact) mass is 298 g/mol. The average Bonchev–Trinajstić information content (AvgIpc) is 2.11. The summed E-state index contributed by atoms with van der Waals surface area (Å²) in [5.41, 5.74) is -0.0400. The summed E-state index contributed by atoms with van der Waals surface area (Å²) in [5, 5.41) is 15.0. The third-order valence-corrected chi connectivity index (χ3v) is 4.36. The molecule has 0 spiro atoms. The van der Waals surface area contributed by atoms with Crippen molar-refractivity contribution in [3.05, 3.63) is 31.3 Å². The summed E-state index contributed by atoms with van der Waals surface area (Å²) >= 11 is 11.5. The summed E-state index contributed by atoms with van der Waals surface area (Å²) in [4.78, 5) is 9.44. The van der Waals surface area contributed by atoms with Crippen LogP contribution in [0, 0.1) is 24.0 Å². The zero-order valence-electron chi connectivity index (χ0n) is 8.82. The van der Waals surface area contributed by atoms with E-state index >= 15 is 0 Å². The molecule has 94 valence electrons. The zero-order valence-corrected chi connectivity index (χ0v) is 11.2. The lowest BCUT2D eigenvalue weighted by Gasteiger charge is -2.11. The van der Waals surface area contributed by atoms with Gasteiger partial charge in [-0.3, -0.25) is 10.1 Å². The number of hydrogen-bond acceptors (Lipinski definition) is 4. The molecule has 0 saturated heterocycles. The third-order valence-electron chi connectivity index (χ3n) is 2.32. The zero-order chi connectivity index (χ0) is 13.5. The largest absolute Gasteiger partial charge is 0.292 e. The quantitative estimate of drug-likeness (QED) is 0.667. The van der Waals surface area contributed by atoms with Gasteiger partial charge in [0.1, 0.15) is 9.92 Å². The molecule has 0 radical (unpaired) electrons. The van der Waals surface area contributed by atoms with Crippen molar-refractivity contribution in [2.24, 2.45) is 5.14 Å². The van der Waals surface area contributed by atoms with Gasteiger partial charge >= 0.3 is 0 Å². The van der Waals surface area contributed by atoms with E-state index in [1.807, 2.05) is 0 Å². The summed E-state index contributed by atoms with van der Waals surface area (Å²) in [5.74, 6) is 0. The maximum absolute atomic E-state index is 11.3. The Morgan fingerprint density at radius 1 is 1.18 bits per heavy atom. The molecule has 1 aromatic carbocycles. The number of nitro benzene ring substituents is 1. The Labute approximate surface area is 108 Å². The Morgan fingerprint density at radius 2 is 1.65 bits per heavy atom. The van der Waals surface area contributed by atoms with E-state index in [1.165, 1.54) is 13.8 Å². The topological polar surface area (TPSA) is 103 Å². The minimum Gasteiger partial charge on any atom is -0.258 e. The van der Waals surface area contributed by atoms with E-state index in [4.69, 9.17) is 28.3 Å². The van der Waals surface area contributed by atoms with Crippen LogP contribution in [0.3, 0.4) is 0 Å². The lowest BCUT2D eigenvalue weighted by molar-refractivity contribution is -0.385. The highest BCUT2D eigenvalue weighted by Crippen LogP contribution is 2.41. The Morgan fingerprint density at radius 3 is 2.00 bits per heavy atom. The van der Waals surface area contributed by atoms with Crippen molar-refractivity contribution in [3.63, 3.8) is 0 Å². The van der Waals surface area contributed by atoms with Gasteiger partial charge in [0, 0.05) is 5.56 Å². The second-order valence-electron chi connectivity index (χ2n) is 3.36. The minimum atomic E-state index is -4.23. The summed E-state index contributed by atoms with van der Waals surface area (Å²) in [6, 6.07) is 0. The molecule has 0 amide bonds. The summed E-state index contributed by atoms with van der Waals surface area (Å²) in [6.07, 6.45) is 0. The molecule has 1 aromatic rings. The molecule has 6 nitrogen and oxygen atoms in total. The van der Waals surface area contributed by atoms with Crippen LogP contribution in [-0.2, 0) is 10.0 Å². The molecule has 17 heavy (non-hydrogen) atoms. The number of hydrogen-bond donors (Lipinski definition) is 1. The van der Waals surface area contributed by atoms with Crippen LogP contribution in [0.15, 0.2) is 4.90 Å². The van der Waals surface area contributed by atoms with Crippen LogP contribution in [0.4, 0.5) is 5.69 Å². The summed E-state index contributed by atoms with van der Waals surface area (Å²) in [6.45, 7) is 2.88. The second kappa shape index (κ2) is 4.41. The first kappa shape index (κ1) is 14.2. The van der Waals surface area contributed by atoms with Crippen molar-refractivity contribution in [1.29, 1.82) is 0 Å². The summed E-state index contributed by atoms with van der Waals surface area (Å²) < 4.78 is 22.6. The predicted octanol–water partition coefficient (Wildman–Crippen LogP) is 2.17. The molecule has 0 saturated carbocycles. The molecular weight excluding hydrogens is 291 g/mol. The first-order chi connectivity index (χ1) is 7.59. The fourth-order valence-electron chi connectivity index (χ4n) is 1.35. The Balaban J connectivity index is 3.95. The van der Waals surface area contributed by atoms with Gasteiger partial charge in [-0.05, 0) is 19.4 Å². The highest BCUT2D eigenvalue weighted by atomic mass is 35.5. The van der Waals surface area contributed by atoms with E-state index in [1.54, 1.807) is 0 Å². The Hall–Kier alpha value is -0.890. The van der Waals surface area contributed by atoms with Crippen LogP contribution in [0.1, 0.15) is 11.1 Å². The van der Waals surface area contributed by atoms with Crippen molar-refractivity contribution in [1.82, 2.24) is 0 Å². The molecule has 0 aliphatic carbocycles. The van der Waals surface area contributed by atoms with Gasteiger partial charge in [0.05, 0.1) is 9.95 Å². The Bertz CT molecular complexity index is 613. The molecule has 1 rings (SSSR count). The van der Waals surface area contributed by atoms with Gasteiger partial charge in [0.2, 0.25) is 10.0 Å². The van der Waals surface area contributed by atoms with E-state index < -0.39 is 30.6 Å². The van der Waals surface area contributed by atoms with Crippen molar-refractivity contribution >= 4 is 38.9 Å². The van der Waals surface area contributed by atoms with Gasteiger partial charge in [-0.2, -0.15) is 0 Å². The molecule has 0 aliphatic rings. The normalized spacial score (nSPS) is 11.6. The standard InChI is InChI=1S/C8H8Cl2N2O4S/c1-3-4(2)7(12(13)14)6(10)8(5(3)9)17(11,15)16/h1-2H3,(H2,11,15,16).